The molecule has 0 fully saturated rings. The summed E-state index contributed by atoms with van der Waals surface area (Å²) in [5, 5.41) is 0. The number of hydrogen-bond acceptors (Lipinski definition) is 5. The molecule has 5 nitrogen and oxygen atoms in total. The van der Waals surface area contributed by atoms with Gasteiger partial charge in [0.2, 0.25) is 0 Å². The zero-order chi connectivity index (χ0) is 21.2. The highest BCUT2D eigenvalue weighted by molar-refractivity contribution is 5.57. The fourth-order valence-electron chi connectivity index (χ4n) is 3.27. The second kappa shape index (κ2) is 11.6. The minimum Gasteiger partial charge on any atom is -0.497 e. The van der Waals surface area contributed by atoms with E-state index in [1.165, 1.54) is 5.57 Å². The van der Waals surface area contributed by atoms with E-state index in [1.54, 1.807) is 14.2 Å². The van der Waals surface area contributed by atoms with Gasteiger partial charge in [-0.3, -0.25) is 0 Å². The lowest BCUT2D eigenvalue weighted by molar-refractivity contribution is -0.136. The van der Waals surface area contributed by atoms with Crippen LogP contribution in [-0.4, -0.2) is 38.8 Å². The Morgan fingerprint density at radius 2 is 2.00 bits per heavy atom. The van der Waals surface area contributed by atoms with Crippen molar-refractivity contribution in [1.82, 2.24) is 0 Å². The Kier molecular flexibility index (Phi) is 9.16. The Bertz CT molecular complexity index is 732. The van der Waals surface area contributed by atoms with Crippen molar-refractivity contribution in [2.75, 3.05) is 14.2 Å². The molecule has 29 heavy (non-hydrogen) atoms. The highest BCUT2D eigenvalue weighted by atomic mass is 16.5. The predicted octanol–water partition coefficient (Wildman–Crippen LogP) is 4.77. The zero-order valence-corrected chi connectivity index (χ0v) is 17.9. The number of allylic oxidation sites excluding steroid dienone is 2. The molecule has 0 aromatic heterocycles. The minimum absolute atomic E-state index is 0.293. The monoisotopic (exact) mass is 400 g/mol. The summed E-state index contributed by atoms with van der Waals surface area (Å²) in [4.78, 5) is 11.9. The van der Waals surface area contributed by atoms with Gasteiger partial charge in [0.25, 0.3) is 0 Å². The summed E-state index contributed by atoms with van der Waals surface area (Å²) in [6.07, 6.45) is 5.88. The standard InChI is InChI=1S/C24H32O5/c1-17(2)23(27-5)14-21-13-18(3)7-6-8-22(24(15-25)29-21)28-16-19-9-11-20(26-4)12-10-19/h7,9-12,14-15,21-22,24H,1,6,8,13,16H2,2-5H3/b18-7-,23-14-/t21-,22-,24-/m1/s1. The minimum atomic E-state index is -0.656. The Morgan fingerprint density at radius 3 is 2.59 bits per heavy atom. The third kappa shape index (κ3) is 7.18. The first-order chi connectivity index (χ1) is 14.0. The van der Waals surface area contributed by atoms with Crippen molar-refractivity contribution >= 4 is 6.29 Å². The molecule has 0 saturated heterocycles. The molecule has 1 aliphatic rings. The van der Waals surface area contributed by atoms with Gasteiger partial charge in [-0.2, -0.15) is 0 Å². The molecular formula is C24H32O5. The number of benzene rings is 1. The summed E-state index contributed by atoms with van der Waals surface area (Å²) in [6, 6.07) is 7.70. The van der Waals surface area contributed by atoms with E-state index < -0.39 is 6.10 Å². The van der Waals surface area contributed by atoms with Gasteiger partial charge in [0, 0.05) is 0 Å². The van der Waals surface area contributed by atoms with Crippen molar-refractivity contribution in [3.8, 4) is 5.75 Å². The summed E-state index contributed by atoms with van der Waals surface area (Å²) in [5.41, 5.74) is 3.04. The van der Waals surface area contributed by atoms with Crippen LogP contribution >= 0.6 is 0 Å². The van der Waals surface area contributed by atoms with E-state index >= 15 is 0 Å². The van der Waals surface area contributed by atoms with E-state index in [0.717, 1.165) is 29.6 Å². The Morgan fingerprint density at radius 1 is 1.28 bits per heavy atom. The molecule has 5 heteroatoms. The first-order valence-electron chi connectivity index (χ1n) is 9.89. The number of carbonyl (C=O) groups excluding carboxylic acids is 1. The third-order valence-corrected chi connectivity index (χ3v) is 4.90. The van der Waals surface area contributed by atoms with Crippen LogP contribution < -0.4 is 4.74 Å². The molecule has 1 aliphatic heterocycles. The van der Waals surface area contributed by atoms with Crippen LogP contribution in [0.5, 0.6) is 5.75 Å². The molecule has 0 radical (unpaired) electrons. The van der Waals surface area contributed by atoms with E-state index in [-0.39, 0.29) is 12.2 Å². The van der Waals surface area contributed by atoms with Crippen LogP contribution in [0.3, 0.4) is 0 Å². The van der Waals surface area contributed by atoms with Gasteiger partial charge in [-0.25, -0.2) is 0 Å². The average Bonchev–Trinajstić information content (AvgIpc) is 2.79. The van der Waals surface area contributed by atoms with Crippen LogP contribution in [0.25, 0.3) is 0 Å². The van der Waals surface area contributed by atoms with Crippen molar-refractivity contribution < 1.29 is 23.7 Å². The molecule has 1 aromatic carbocycles. The van der Waals surface area contributed by atoms with Gasteiger partial charge in [0.1, 0.15) is 17.6 Å². The van der Waals surface area contributed by atoms with Crippen LogP contribution in [0, 0.1) is 0 Å². The lowest BCUT2D eigenvalue weighted by Gasteiger charge is -2.26. The molecule has 2 rings (SSSR count). The van der Waals surface area contributed by atoms with Crippen LogP contribution in [0.4, 0.5) is 0 Å². The molecule has 0 aliphatic carbocycles. The van der Waals surface area contributed by atoms with Gasteiger partial charge in [-0.1, -0.05) is 30.4 Å². The smallest absolute Gasteiger partial charge is 0.151 e. The predicted molar refractivity (Wildman–Crippen MR) is 114 cm³/mol. The van der Waals surface area contributed by atoms with E-state index in [9.17, 15) is 4.79 Å². The van der Waals surface area contributed by atoms with Gasteiger partial charge in [0.15, 0.2) is 6.29 Å². The number of hydrogen-bond donors (Lipinski definition) is 0. The topological polar surface area (TPSA) is 54.0 Å². The van der Waals surface area contributed by atoms with E-state index in [2.05, 4.69) is 19.6 Å². The van der Waals surface area contributed by atoms with Gasteiger partial charge in [-0.15, -0.1) is 0 Å². The molecule has 1 aromatic rings. The molecule has 1 heterocycles. The second-order valence-electron chi connectivity index (χ2n) is 7.32. The number of aldehydes is 1. The Labute approximate surface area is 174 Å². The quantitative estimate of drug-likeness (QED) is 0.272. The van der Waals surface area contributed by atoms with Crippen molar-refractivity contribution in [1.29, 1.82) is 0 Å². The van der Waals surface area contributed by atoms with Crippen LogP contribution in [0.2, 0.25) is 0 Å². The number of methoxy groups -OCH3 is 2. The largest absolute Gasteiger partial charge is 0.497 e. The van der Waals surface area contributed by atoms with E-state index in [1.807, 2.05) is 37.3 Å². The van der Waals surface area contributed by atoms with Gasteiger partial charge >= 0.3 is 0 Å². The fraction of sp³-hybridized carbons (Fsp3) is 0.458. The third-order valence-electron chi connectivity index (χ3n) is 4.90. The Hall–Kier alpha value is -2.37. The summed E-state index contributed by atoms with van der Waals surface area (Å²) < 4.78 is 22.9. The molecule has 3 atom stereocenters. The molecule has 0 N–H and O–H groups in total. The molecular weight excluding hydrogens is 368 g/mol. The molecule has 0 bridgehead atoms. The lowest BCUT2D eigenvalue weighted by atomic mass is 10.1. The molecule has 0 saturated carbocycles. The number of ether oxygens (including phenoxy) is 4. The maximum absolute atomic E-state index is 11.9. The Balaban J connectivity index is 2.14. The first-order valence-corrected chi connectivity index (χ1v) is 9.89. The van der Waals surface area contributed by atoms with Crippen LogP contribution in [-0.2, 0) is 25.6 Å². The SMILES string of the molecule is C=C(C)/C(=C/[C@H]1C/C(C)=C\CC[C@@H](OCc2ccc(OC)cc2)[C@@H](C=O)O1)OC. The highest BCUT2D eigenvalue weighted by Crippen LogP contribution is 2.23. The van der Waals surface area contributed by atoms with Crippen LogP contribution in [0.1, 0.15) is 38.7 Å². The molecule has 158 valence electrons. The average molecular weight is 401 g/mol. The first kappa shape index (κ1) is 22.9. The van der Waals surface area contributed by atoms with Gasteiger partial charge in [-0.05, 0) is 62.5 Å². The number of rotatable bonds is 8. The normalized spacial score (nSPS) is 25.0. The summed E-state index contributed by atoms with van der Waals surface area (Å²) >= 11 is 0. The second-order valence-corrected chi connectivity index (χ2v) is 7.32. The zero-order valence-electron chi connectivity index (χ0n) is 17.9. The summed E-state index contributed by atoms with van der Waals surface area (Å²) in [6.45, 7) is 8.29. The summed E-state index contributed by atoms with van der Waals surface area (Å²) in [5.74, 6) is 1.47. The van der Waals surface area contributed by atoms with Crippen molar-refractivity contribution in [3.63, 3.8) is 0 Å². The van der Waals surface area contributed by atoms with Gasteiger partial charge in [0.05, 0.1) is 33.0 Å². The molecule has 0 spiro atoms. The van der Waals surface area contributed by atoms with E-state index in [4.69, 9.17) is 18.9 Å². The molecule has 0 unspecified atom stereocenters. The van der Waals surface area contributed by atoms with Crippen molar-refractivity contribution in [2.24, 2.45) is 0 Å². The summed E-state index contributed by atoms with van der Waals surface area (Å²) in [7, 11) is 3.24. The molecule has 0 amide bonds. The van der Waals surface area contributed by atoms with Crippen molar-refractivity contribution in [2.45, 2.75) is 58.0 Å². The van der Waals surface area contributed by atoms with Crippen LogP contribution in [0.15, 0.2) is 59.9 Å². The van der Waals surface area contributed by atoms with Crippen molar-refractivity contribution in [3.05, 3.63) is 65.5 Å². The van der Waals surface area contributed by atoms with E-state index in [0.29, 0.717) is 25.2 Å². The maximum atomic E-state index is 11.9. The van der Waals surface area contributed by atoms with Gasteiger partial charge < -0.3 is 23.7 Å². The fourth-order valence-corrected chi connectivity index (χ4v) is 3.27. The lowest BCUT2D eigenvalue weighted by Crippen LogP contribution is -2.35. The maximum Gasteiger partial charge on any atom is 0.151 e. The number of carbonyl (C=O) groups is 1. The highest BCUT2D eigenvalue weighted by Gasteiger charge is 2.27.